The van der Waals surface area contributed by atoms with Gasteiger partial charge in [-0.25, -0.2) is 4.31 Å². The number of hydrogen-bond donors (Lipinski definition) is 0. The van der Waals surface area contributed by atoms with Crippen LogP contribution in [0.2, 0.25) is 0 Å². The highest BCUT2D eigenvalue weighted by atomic mass is 32.2. The topological polar surface area (TPSA) is 78.0 Å². The molecule has 0 radical (unpaired) electrons. The fourth-order valence-electron chi connectivity index (χ4n) is 3.64. The third kappa shape index (κ3) is 3.61. The summed E-state index contributed by atoms with van der Waals surface area (Å²) in [5.74, 6) is -0.204. The minimum absolute atomic E-state index is 0.235. The summed E-state index contributed by atoms with van der Waals surface area (Å²) in [5.41, 5.74) is 1.30. The monoisotopic (exact) mass is 379 g/mol. The van der Waals surface area contributed by atoms with Crippen LogP contribution in [-0.2, 0) is 26.2 Å². The highest BCUT2D eigenvalue weighted by Crippen LogP contribution is 2.24. The van der Waals surface area contributed by atoms with Crippen LogP contribution in [0.5, 0.6) is 0 Å². The lowest BCUT2D eigenvalue weighted by Crippen LogP contribution is -2.46. The van der Waals surface area contributed by atoms with Gasteiger partial charge in [-0.15, -0.1) is 0 Å². The van der Waals surface area contributed by atoms with Gasteiger partial charge in [0.05, 0.1) is 6.54 Å². The van der Waals surface area contributed by atoms with Crippen molar-refractivity contribution in [1.82, 2.24) is 13.5 Å². The van der Waals surface area contributed by atoms with Gasteiger partial charge in [0.25, 0.3) is 5.91 Å². The highest BCUT2D eigenvalue weighted by Gasteiger charge is 2.47. The molecule has 2 saturated heterocycles. The maximum atomic E-state index is 12.6. The zero-order valence-electron chi connectivity index (χ0n) is 15.2. The predicted molar refractivity (Wildman–Crippen MR) is 97.3 cm³/mol. The van der Waals surface area contributed by atoms with E-state index in [2.05, 4.69) is 12.1 Å². The number of carbonyl (C=O) groups excluding carboxylic acids is 2. The van der Waals surface area contributed by atoms with E-state index in [4.69, 9.17) is 0 Å². The lowest BCUT2D eigenvalue weighted by molar-refractivity contribution is -0.133. The molecule has 0 aromatic heterocycles. The van der Waals surface area contributed by atoms with Gasteiger partial charge in [0.2, 0.25) is 5.91 Å². The number of nitrogens with zero attached hydrogens (tertiary/aromatic N) is 3. The molecule has 1 unspecified atom stereocenters. The van der Waals surface area contributed by atoms with E-state index in [9.17, 15) is 18.0 Å². The minimum atomic E-state index is -3.88. The molecular weight excluding hydrogens is 354 g/mol. The van der Waals surface area contributed by atoms with Crippen molar-refractivity contribution in [2.24, 2.45) is 5.92 Å². The van der Waals surface area contributed by atoms with Gasteiger partial charge in [-0.05, 0) is 37.7 Å². The molecule has 2 aliphatic heterocycles. The molecule has 1 aromatic rings. The molecule has 142 valence electrons. The molecule has 0 bridgehead atoms. The molecule has 2 amide bonds. The molecule has 0 N–H and O–H groups in total. The van der Waals surface area contributed by atoms with Crippen LogP contribution in [0, 0.1) is 5.92 Å². The molecule has 2 aliphatic rings. The summed E-state index contributed by atoms with van der Waals surface area (Å²) in [6, 6.07) is 9.47. The van der Waals surface area contributed by atoms with Crippen molar-refractivity contribution in [1.29, 1.82) is 0 Å². The zero-order chi connectivity index (χ0) is 18.9. The summed E-state index contributed by atoms with van der Waals surface area (Å²) in [5, 5.41) is 0. The number of amides is 2. The molecule has 0 saturated carbocycles. The van der Waals surface area contributed by atoms with Crippen molar-refractivity contribution in [3.05, 3.63) is 35.9 Å². The third-order valence-electron chi connectivity index (χ3n) is 5.37. The highest BCUT2D eigenvalue weighted by molar-refractivity contribution is 7.87. The summed E-state index contributed by atoms with van der Waals surface area (Å²) >= 11 is 0. The van der Waals surface area contributed by atoms with Gasteiger partial charge in [-0.3, -0.25) is 9.59 Å². The number of hydrogen-bond acceptors (Lipinski definition) is 4. The first-order valence-electron chi connectivity index (χ1n) is 8.92. The average Bonchev–Trinajstić information content (AvgIpc) is 2.78. The molecule has 0 aliphatic carbocycles. The van der Waals surface area contributed by atoms with Gasteiger partial charge < -0.3 is 4.90 Å². The summed E-state index contributed by atoms with van der Waals surface area (Å²) in [7, 11) is -2.65. The van der Waals surface area contributed by atoms with E-state index in [1.807, 2.05) is 18.2 Å². The number of likely N-dealkylation sites (tertiary alicyclic amines) is 1. The van der Waals surface area contributed by atoms with E-state index < -0.39 is 22.2 Å². The first-order valence-corrected chi connectivity index (χ1v) is 10.3. The van der Waals surface area contributed by atoms with Crippen LogP contribution in [0.15, 0.2) is 30.3 Å². The Kier molecular flexibility index (Phi) is 5.34. The summed E-state index contributed by atoms with van der Waals surface area (Å²) in [6.45, 7) is 2.50. The molecule has 2 fully saturated rings. The van der Waals surface area contributed by atoms with E-state index in [1.165, 1.54) is 19.5 Å². The molecule has 8 heteroatoms. The van der Waals surface area contributed by atoms with E-state index in [-0.39, 0.29) is 12.5 Å². The Morgan fingerprint density at radius 2 is 1.77 bits per heavy atom. The normalized spacial score (nSPS) is 24.2. The number of rotatable bonds is 4. The molecule has 0 spiro atoms. The Morgan fingerprint density at radius 1 is 1.15 bits per heavy atom. The average molecular weight is 379 g/mol. The van der Waals surface area contributed by atoms with Crippen molar-refractivity contribution in [2.45, 2.75) is 32.2 Å². The van der Waals surface area contributed by atoms with E-state index >= 15 is 0 Å². The lowest BCUT2D eigenvalue weighted by Gasteiger charge is -2.33. The van der Waals surface area contributed by atoms with Crippen molar-refractivity contribution in [2.75, 3.05) is 26.7 Å². The van der Waals surface area contributed by atoms with Crippen molar-refractivity contribution in [3.63, 3.8) is 0 Å². The maximum absolute atomic E-state index is 12.6. The largest absolute Gasteiger partial charge is 0.342 e. The van der Waals surface area contributed by atoms with Crippen LogP contribution in [-0.4, -0.2) is 66.5 Å². The lowest BCUT2D eigenvalue weighted by atomic mass is 9.90. The summed E-state index contributed by atoms with van der Waals surface area (Å²) in [4.78, 5) is 26.2. The van der Waals surface area contributed by atoms with Crippen LogP contribution in [0.3, 0.4) is 0 Å². The Balaban J connectivity index is 1.55. The second-order valence-electron chi connectivity index (χ2n) is 7.05. The van der Waals surface area contributed by atoms with Crippen LogP contribution in [0.4, 0.5) is 0 Å². The van der Waals surface area contributed by atoms with Gasteiger partial charge in [0.15, 0.2) is 0 Å². The smallest absolute Gasteiger partial charge is 0.307 e. The van der Waals surface area contributed by atoms with Crippen molar-refractivity contribution >= 4 is 22.0 Å². The molecule has 26 heavy (non-hydrogen) atoms. The Bertz CT molecular complexity index is 773. The first-order chi connectivity index (χ1) is 12.3. The third-order valence-corrected chi connectivity index (χ3v) is 7.28. The minimum Gasteiger partial charge on any atom is -0.342 e. The standard InChI is InChI=1S/C18H25N3O4S/c1-14-18(23)19(2)26(24,25)21(14)13-17(22)20-10-8-16(9-11-20)12-15-6-4-3-5-7-15/h3-7,14,16H,8-13H2,1-2H3. The molecule has 7 nitrogen and oxygen atoms in total. The maximum Gasteiger partial charge on any atom is 0.307 e. The Morgan fingerprint density at radius 3 is 2.31 bits per heavy atom. The van der Waals surface area contributed by atoms with Crippen LogP contribution >= 0.6 is 0 Å². The van der Waals surface area contributed by atoms with Gasteiger partial charge in [0, 0.05) is 20.1 Å². The van der Waals surface area contributed by atoms with Crippen LogP contribution < -0.4 is 0 Å². The van der Waals surface area contributed by atoms with E-state index in [1.54, 1.807) is 4.90 Å². The van der Waals surface area contributed by atoms with E-state index in [0.29, 0.717) is 19.0 Å². The molecular formula is C18H25N3O4S. The molecule has 3 rings (SSSR count). The van der Waals surface area contributed by atoms with Gasteiger partial charge in [-0.1, -0.05) is 30.3 Å². The molecule has 2 heterocycles. The number of likely N-dealkylation sites (N-methyl/N-ethyl adjacent to an activating group) is 1. The van der Waals surface area contributed by atoms with Gasteiger partial charge >= 0.3 is 10.2 Å². The summed E-state index contributed by atoms with van der Waals surface area (Å²) < 4.78 is 26.2. The molecule has 1 aromatic carbocycles. The second-order valence-corrected chi connectivity index (χ2v) is 8.96. The quantitative estimate of drug-likeness (QED) is 0.778. The van der Waals surface area contributed by atoms with Crippen LogP contribution in [0.25, 0.3) is 0 Å². The van der Waals surface area contributed by atoms with E-state index in [0.717, 1.165) is 27.9 Å². The Labute approximate surface area is 154 Å². The Hall–Kier alpha value is -1.93. The van der Waals surface area contributed by atoms with Gasteiger partial charge in [-0.2, -0.15) is 12.7 Å². The predicted octanol–water partition coefficient (Wildman–Crippen LogP) is 0.875. The van der Waals surface area contributed by atoms with Crippen molar-refractivity contribution < 1.29 is 18.0 Å². The zero-order valence-corrected chi connectivity index (χ0v) is 16.0. The number of benzene rings is 1. The second kappa shape index (κ2) is 7.36. The van der Waals surface area contributed by atoms with Gasteiger partial charge in [0.1, 0.15) is 6.04 Å². The van der Waals surface area contributed by atoms with Crippen LogP contribution in [0.1, 0.15) is 25.3 Å². The fourth-order valence-corrected chi connectivity index (χ4v) is 5.10. The molecule has 1 atom stereocenters. The fraction of sp³-hybridized carbons (Fsp3) is 0.556. The summed E-state index contributed by atoms with van der Waals surface area (Å²) in [6.07, 6.45) is 2.81. The van der Waals surface area contributed by atoms with Crippen molar-refractivity contribution in [3.8, 4) is 0 Å². The SMILES string of the molecule is CC1C(=O)N(C)S(=O)(=O)N1CC(=O)N1CCC(Cc2ccccc2)CC1. The first kappa shape index (κ1) is 18.8. The number of piperidine rings is 1. The number of carbonyl (C=O) groups is 2.